The van der Waals surface area contributed by atoms with Crippen LogP contribution in [0.3, 0.4) is 0 Å². The van der Waals surface area contributed by atoms with E-state index in [1.807, 2.05) is 38.1 Å². The van der Waals surface area contributed by atoms with Gasteiger partial charge in [0.2, 0.25) is 0 Å². The summed E-state index contributed by atoms with van der Waals surface area (Å²) >= 11 is 0. The van der Waals surface area contributed by atoms with Crippen LogP contribution in [0.5, 0.6) is 5.75 Å². The van der Waals surface area contributed by atoms with Gasteiger partial charge >= 0.3 is 5.97 Å². The normalized spacial score (nSPS) is 12.1. The van der Waals surface area contributed by atoms with E-state index in [1.165, 1.54) is 0 Å². The second-order valence-corrected chi connectivity index (χ2v) is 3.47. The van der Waals surface area contributed by atoms with Gasteiger partial charge in [0.05, 0.1) is 13.0 Å². The van der Waals surface area contributed by atoms with Gasteiger partial charge < -0.3 is 9.84 Å². The van der Waals surface area contributed by atoms with Crippen molar-refractivity contribution >= 4 is 5.97 Å². The molecule has 82 valence electrons. The molecule has 3 heteroatoms. The lowest BCUT2D eigenvalue weighted by molar-refractivity contribution is -0.137. The van der Waals surface area contributed by atoms with Crippen LogP contribution in [0, 0.1) is 0 Å². The first-order valence-electron chi connectivity index (χ1n) is 5.08. The van der Waals surface area contributed by atoms with Crippen LogP contribution >= 0.6 is 0 Å². The van der Waals surface area contributed by atoms with Crippen LogP contribution in [-0.2, 0) is 4.79 Å². The maximum atomic E-state index is 10.6. The zero-order valence-electron chi connectivity index (χ0n) is 9.06. The predicted molar refractivity (Wildman–Crippen MR) is 58.3 cm³/mol. The van der Waals surface area contributed by atoms with Gasteiger partial charge in [0.15, 0.2) is 0 Å². The summed E-state index contributed by atoms with van der Waals surface area (Å²) in [5, 5.41) is 8.73. The van der Waals surface area contributed by atoms with Crippen molar-refractivity contribution in [1.29, 1.82) is 0 Å². The molecule has 1 aromatic carbocycles. The van der Waals surface area contributed by atoms with Crippen molar-refractivity contribution in [2.24, 2.45) is 0 Å². The van der Waals surface area contributed by atoms with Gasteiger partial charge in [-0.25, -0.2) is 0 Å². The number of carboxylic acid groups (broad SMARTS) is 1. The lowest BCUT2D eigenvalue weighted by atomic mass is 9.97. The highest BCUT2D eigenvalue weighted by atomic mass is 16.5. The van der Waals surface area contributed by atoms with Gasteiger partial charge in [-0.05, 0) is 24.5 Å². The van der Waals surface area contributed by atoms with E-state index >= 15 is 0 Å². The molecule has 0 fully saturated rings. The highest BCUT2D eigenvalue weighted by Gasteiger charge is 2.14. The van der Waals surface area contributed by atoms with Crippen LogP contribution in [0.4, 0.5) is 0 Å². The van der Waals surface area contributed by atoms with Crippen LogP contribution in [0.1, 0.15) is 31.7 Å². The minimum absolute atomic E-state index is 0.0229. The van der Waals surface area contributed by atoms with Crippen LogP contribution < -0.4 is 4.74 Å². The molecule has 1 atom stereocenters. The third kappa shape index (κ3) is 3.27. The SMILES string of the molecule is CCOc1ccccc1C(C)CC(=O)O. The van der Waals surface area contributed by atoms with Gasteiger partial charge in [-0.1, -0.05) is 25.1 Å². The Bertz CT molecular complexity index is 333. The average Bonchev–Trinajstić information content (AvgIpc) is 2.18. The summed E-state index contributed by atoms with van der Waals surface area (Å²) in [6, 6.07) is 7.58. The molecule has 0 bridgehead atoms. The number of carbonyl (C=O) groups is 1. The van der Waals surface area contributed by atoms with Gasteiger partial charge in [0.25, 0.3) is 0 Å². The van der Waals surface area contributed by atoms with E-state index in [-0.39, 0.29) is 12.3 Å². The zero-order valence-corrected chi connectivity index (χ0v) is 9.06. The average molecular weight is 208 g/mol. The summed E-state index contributed by atoms with van der Waals surface area (Å²) in [4.78, 5) is 10.6. The topological polar surface area (TPSA) is 46.5 Å². The molecule has 0 heterocycles. The largest absolute Gasteiger partial charge is 0.494 e. The van der Waals surface area contributed by atoms with E-state index in [9.17, 15) is 4.79 Å². The van der Waals surface area contributed by atoms with Crippen molar-refractivity contribution in [3.63, 3.8) is 0 Å². The van der Waals surface area contributed by atoms with Crippen LogP contribution in [0.15, 0.2) is 24.3 Å². The van der Waals surface area contributed by atoms with Crippen molar-refractivity contribution in [3.05, 3.63) is 29.8 Å². The van der Waals surface area contributed by atoms with Crippen molar-refractivity contribution in [2.45, 2.75) is 26.2 Å². The summed E-state index contributed by atoms with van der Waals surface area (Å²) in [6.45, 7) is 4.40. The lowest BCUT2D eigenvalue weighted by Gasteiger charge is -2.14. The number of hydrogen-bond donors (Lipinski definition) is 1. The summed E-state index contributed by atoms with van der Waals surface area (Å²) in [5.74, 6) is -0.0206. The highest BCUT2D eigenvalue weighted by Crippen LogP contribution is 2.28. The number of rotatable bonds is 5. The Morgan fingerprint density at radius 3 is 2.73 bits per heavy atom. The van der Waals surface area contributed by atoms with Crippen LogP contribution in [0.2, 0.25) is 0 Å². The molecule has 0 radical (unpaired) electrons. The maximum Gasteiger partial charge on any atom is 0.303 e. The van der Waals surface area contributed by atoms with E-state index in [1.54, 1.807) is 0 Å². The zero-order chi connectivity index (χ0) is 11.3. The van der Waals surface area contributed by atoms with Crippen molar-refractivity contribution in [2.75, 3.05) is 6.61 Å². The monoisotopic (exact) mass is 208 g/mol. The molecule has 0 aliphatic carbocycles. The summed E-state index contributed by atoms with van der Waals surface area (Å²) in [7, 11) is 0. The number of aliphatic carboxylic acids is 1. The molecule has 0 saturated heterocycles. The number of carboxylic acids is 1. The van der Waals surface area contributed by atoms with E-state index in [4.69, 9.17) is 9.84 Å². The molecule has 1 N–H and O–H groups in total. The number of ether oxygens (including phenoxy) is 1. The fourth-order valence-electron chi connectivity index (χ4n) is 1.55. The Kier molecular flexibility index (Phi) is 4.16. The van der Waals surface area contributed by atoms with Gasteiger partial charge in [0.1, 0.15) is 5.75 Å². The fraction of sp³-hybridized carbons (Fsp3) is 0.417. The number of para-hydroxylation sites is 1. The lowest BCUT2D eigenvalue weighted by Crippen LogP contribution is -2.05. The molecular formula is C12H16O3. The third-order valence-electron chi connectivity index (χ3n) is 2.23. The quantitative estimate of drug-likeness (QED) is 0.809. The smallest absolute Gasteiger partial charge is 0.303 e. The molecule has 1 aromatic rings. The number of hydrogen-bond acceptors (Lipinski definition) is 2. The summed E-state index contributed by atoms with van der Waals surface area (Å²) < 4.78 is 5.45. The maximum absolute atomic E-state index is 10.6. The Morgan fingerprint density at radius 1 is 1.47 bits per heavy atom. The Hall–Kier alpha value is -1.51. The summed E-state index contributed by atoms with van der Waals surface area (Å²) in [6.07, 6.45) is 0.129. The number of benzene rings is 1. The molecule has 0 spiro atoms. The predicted octanol–water partition coefficient (Wildman–Crippen LogP) is 2.66. The molecule has 1 unspecified atom stereocenters. The minimum atomic E-state index is -0.784. The molecule has 0 saturated carbocycles. The highest BCUT2D eigenvalue weighted by molar-refractivity contribution is 5.68. The second kappa shape index (κ2) is 5.39. The van der Waals surface area contributed by atoms with Crippen molar-refractivity contribution < 1.29 is 14.6 Å². The molecule has 0 aliphatic rings. The molecular weight excluding hydrogens is 192 g/mol. The van der Waals surface area contributed by atoms with Crippen LogP contribution in [0.25, 0.3) is 0 Å². The molecule has 1 rings (SSSR count). The van der Waals surface area contributed by atoms with E-state index in [0.29, 0.717) is 6.61 Å². The van der Waals surface area contributed by atoms with E-state index in [2.05, 4.69) is 0 Å². The standard InChI is InChI=1S/C12H16O3/c1-3-15-11-7-5-4-6-10(11)9(2)8-12(13)14/h4-7,9H,3,8H2,1-2H3,(H,13,14). The Labute approximate surface area is 89.7 Å². The minimum Gasteiger partial charge on any atom is -0.494 e. The molecule has 15 heavy (non-hydrogen) atoms. The molecule has 0 aromatic heterocycles. The van der Waals surface area contributed by atoms with Crippen molar-refractivity contribution in [1.82, 2.24) is 0 Å². The summed E-state index contributed by atoms with van der Waals surface area (Å²) in [5.41, 5.74) is 0.960. The van der Waals surface area contributed by atoms with Crippen molar-refractivity contribution in [3.8, 4) is 5.75 Å². The van der Waals surface area contributed by atoms with Gasteiger partial charge in [-0.15, -0.1) is 0 Å². The molecule has 3 nitrogen and oxygen atoms in total. The first-order chi connectivity index (χ1) is 7.15. The first-order valence-corrected chi connectivity index (χ1v) is 5.08. The Morgan fingerprint density at radius 2 is 2.13 bits per heavy atom. The first kappa shape index (κ1) is 11.6. The van der Waals surface area contributed by atoms with Gasteiger partial charge in [-0.3, -0.25) is 4.79 Å². The van der Waals surface area contributed by atoms with E-state index in [0.717, 1.165) is 11.3 Å². The van der Waals surface area contributed by atoms with Crippen LogP contribution in [-0.4, -0.2) is 17.7 Å². The fourth-order valence-corrected chi connectivity index (χ4v) is 1.55. The van der Waals surface area contributed by atoms with E-state index < -0.39 is 5.97 Å². The second-order valence-electron chi connectivity index (χ2n) is 3.47. The molecule has 0 amide bonds. The van der Waals surface area contributed by atoms with Gasteiger partial charge in [-0.2, -0.15) is 0 Å². The molecule has 0 aliphatic heterocycles. The Balaban J connectivity index is 2.86. The third-order valence-corrected chi connectivity index (χ3v) is 2.23. The van der Waals surface area contributed by atoms with Gasteiger partial charge in [0, 0.05) is 0 Å².